The van der Waals surface area contributed by atoms with E-state index in [1.54, 1.807) is 25.2 Å². The quantitative estimate of drug-likeness (QED) is 0.737. The molecule has 0 unspecified atom stereocenters. The second-order valence-electron chi connectivity index (χ2n) is 5.79. The molecule has 1 fully saturated rings. The fraction of sp³-hybridized carbons (Fsp3) is 0.294. The molecule has 1 saturated heterocycles. The number of hydrogen-bond donors (Lipinski definition) is 1. The molecule has 0 bridgehead atoms. The van der Waals surface area contributed by atoms with Gasteiger partial charge in [-0.25, -0.2) is 0 Å². The number of ether oxygens (including phenoxy) is 1. The maximum atomic E-state index is 12.0. The fourth-order valence-corrected chi connectivity index (χ4v) is 3.39. The Kier molecular flexibility index (Phi) is 6.02. The highest BCUT2D eigenvalue weighted by atomic mass is 35.5. The minimum Gasteiger partial charge on any atom is -0.454 e. The number of nitrogens with one attached hydrogen (secondary N) is 1. The Morgan fingerprint density at radius 1 is 1.33 bits per heavy atom. The van der Waals surface area contributed by atoms with Crippen molar-refractivity contribution in [2.24, 2.45) is 7.05 Å². The van der Waals surface area contributed by atoms with Crippen molar-refractivity contribution in [1.82, 2.24) is 14.7 Å². The van der Waals surface area contributed by atoms with Crippen LogP contribution in [0.3, 0.4) is 0 Å². The number of aromatic nitrogens is 2. The summed E-state index contributed by atoms with van der Waals surface area (Å²) in [5, 5.41) is 7.46. The second kappa shape index (κ2) is 8.45. The van der Waals surface area contributed by atoms with Crippen LogP contribution in [0.2, 0.25) is 5.02 Å². The first-order valence-electron chi connectivity index (χ1n) is 8.09. The molecule has 1 aliphatic rings. The highest BCUT2D eigenvalue weighted by Gasteiger charge is 2.24. The van der Waals surface area contributed by atoms with Gasteiger partial charge in [0.1, 0.15) is 12.4 Å². The molecule has 2 amide bonds. The van der Waals surface area contributed by atoms with Gasteiger partial charge < -0.3 is 15.0 Å². The molecule has 1 aromatic heterocycles. The van der Waals surface area contributed by atoms with E-state index >= 15 is 0 Å². The maximum absolute atomic E-state index is 12.0. The van der Waals surface area contributed by atoms with Gasteiger partial charge in [-0.2, -0.15) is 5.10 Å². The Bertz CT molecular complexity index is 868. The standard InChI is InChI=1S/C17H17ClN4O4S/c1-21-14(8-13(20-21)11-2-4-12(18)5-3-11)19-15(23)10-26-16(24)9-22-6-7-27-17(22)25/h2-5,8H,6-7,9-10H2,1H3,(H,19,23). The lowest BCUT2D eigenvalue weighted by Crippen LogP contribution is -2.32. The number of carbonyl (C=O) groups excluding carboxylic acids is 3. The van der Waals surface area contributed by atoms with Crippen LogP contribution in [0.25, 0.3) is 11.3 Å². The van der Waals surface area contributed by atoms with Crippen LogP contribution >= 0.6 is 23.4 Å². The van der Waals surface area contributed by atoms with Crippen molar-refractivity contribution in [2.45, 2.75) is 0 Å². The van der Waals surface area contributed by atoms with Gasteiger partial charge in [-0.1, -0.05) is 35.5 Å². The van der Waals surface area contributed by atoms with Crippen LogP contribution in [0.4, 0.5) is 10.6 Å². The number of thioether (sulfide) groups is 1. The predicted molar refractivity (Wildman–Crippen MR) is 103 cm³/mol. The molecule has 0 atom stereocenters. The van der Waals surface area contributed by atoms with Gasteiger partial charge in [-0.3, -0.25) is 19.1 Å². The van der Waals surface area contributed by atoms with Crippen molar-refractivity contribution < 1.29 is 19.1 Å². The van der Waals surface area contributed by atoms with Crippen LogP contribution < -0.4 is 5.32 Å². The summed E-state index contributed by atoms with van der Waals surface area (Å²) in [7, 11) is 1.69. The molecule has 27 heavy (non-hydrogen) atoms. The monoisotopic (exact) mass is 408 g/mol. The molecule has 2 heterocycles. The zero-order valence-corrected chi connectivity index (χ0v) is 16.0. The van der Waals surface area contributed by atoms with Gasteiger partial charge in [-0.15, -0.1) is 0 Å². The average Bonchev–Trinajstić information content (AvgIpc) is 3.20. The van der Waals surface area contributed by atoms with E-state index in [1.807, 2.05) is 12.1 Å². The number of hydrogen-bond acceptors (Lipinski definition) is 6. The molecule has 1 aromatic carbocycles. The summed E-state index contributed by atoms with van der Waals surface area (Å²) in [5.74, 6) is 0.0133. The zero-order chi connectivity index (χ0) is 19.4. The van der Waals surface area contributed by atoms with Crippen molar-refractivity contribution in [3.63, 3.8) is 0 Å². The molecule has 0 saturated carbocycles. The number of nitrogens with zero attached hydrogens (tertiary/aromatic N) is 3. The number of rotatable bonds is 6. The SMILES string of the molecule is Cn1nc(-c2ccc(Cl)cc2)cc1NC(=O)COC(=O)CN1CCSC1=O. The molecule has 10 heteroatoms. The van der Waals surface area contributed by atoms with E-state index in [4.69, 9.17) is 16.3 Å². The molecule has 0 radical (unpaired) electrons. The van der Waals surface area contributed by atoms with Gasteiger partial charge in [0.15, 0.2) is 6.61 Å². The lowest BCUT2D eigenvalue weighted by atomic mass is 10.1. The normalized spacial score (nSPS) is 13.7. The van der Waals surface area contributed by atoms with Gasteiger partial charge in [0.2, 0.25) is 0 Å². The number of halogens is 1. The van der Waals surface area contributed by atoms with E-state index in [-0.39, 0.29) is 11.8 Å². The highest BCUT2D eigenvalue weighted by Crippen LogP contribution is 2.23. The van der Waals surface area contributed by atoms with Gasteiger partial charge in [-0.05, 0) is 12.1 Å². The van der Waals surface area contributed by atoms with Gasteiger partial charge in [0.25, 0.3) is 11.1 Å². The third kappa shape index (κ3) is 5.01. The number of anilines is 1. The van der Waals surface area contributed by atoms with Crippen molar-refractivity contribution in [1.29, 1.82) is 0 Å². The number of aryl methyl sites for hydroxylation is 1. The smallest absolute Gasteiger partial charge is 0.326 e. The first-order valence-corrected chi connectivity index (χ1v) is 9.46. The molecule has 8 nitrogen and oxygen atoms in total. The molecule has 3 rings (SSSR count). The summed E-state index contributed by atoms with van der Waals surface area (Å²) in [6.07, 6.45) is 0. The van der Waals surface area contributed by atoms with E-state index < -0.39 is 18.5 Å². The molecule has 1 aliphatic heterocycles. The summed E-state index contributed by atoms with van der Waals surface area (Å²) < 4.78 is 6.45. The number of esters is 1. The molecule has 2 aromatic rings. The molecule has 0 spiro atoms. The molecule has 1 N–H and O–H groups in total. The Hall–Kier alpha value is -2.52. The summed E-state index contributed by atoms with van der Waals surface area (Å²) >= 11 is 7.04. The van der Waals surface area contributed by atoms with E-state index in [0.29, 0.717) is 28.8 Å². The van der Waals surface area contributed by atoms with Crippen molar-refractivity contribution in [2.75, 3.05) is 30.8 Å². The van der Waals surface area contributed by atoms with Crippen LogP contribution in [0, 0.1) is 0 Å². The van der Waals surface area contributed by atoms with E-state index in [2.05, 4.69) is 10.4 Å². The Labute approximate surface area is 164 Å². The molecule has 142 valence electrons. The average molecular weight is 409 g/mol. The first-order chi connectivity index (χ1) is 12.9. The summed E-state index contributed by atoms with van der Waals surface area (Å²) in [6.45, 7) is -0.0751. The molecule has 0 aliphatic carbocycles. The highest BCUT2D eigenvalue weighted by molar-refractivity contribution is 8.13. The topological polar surface area (TPSA) is 93.5 Å². The van der Waals surface area contributed by atoms with Crippen LogP contribution in [0.15, 0.2) is 30.3 Å². The van der Waals surface area contributed by atoms with Crippen molar-refractivity contribution in [3.8, 4) is 11.3 Å². The van der Waals surface area contributed by atoms with Gasteiger partial charge in [0.05, 0.1) is 5.69 Å². The summed E-state index contributed by atoms with van der Waals surface area (Å²) in [4.78, 5) is 36.6. The Morgan fingerprint density at radius 2 is 2.07 bits per heavy atom. The van der Waals surface area contributed by atoms with E-state index in [0.717, 1.165) is 17.3 Å². The lowest BCUT2D eigenvalue weighted by molar-refractivity contribution is -0.147. The molecular formula is C17H17ClN4O4S. The van der Waals surface area contributed by atoms with E-state index in [1.165, 1.54) is 9.58 Å². The van der Waals surface area contributed by atoms with Crippen LogP contribution in [-0.4, -0.2) is 57.2 Å². The van der Waals surface area contributed by atoms with Crippen LogP contribution in [-0.2, 0) is 21.4 Å². The van der Waals surface area contributed by atoms with Crippen LogP contribution in [0.1, 0.15) is 0 Å². The Morgan fingerprint density at radius 3 is 2.74 bits per heavy atom. The summed E-state index contributed by atoms with van der Waals surface area (Å²) in [5.41, 5.74) is 1.53. The van der Waals surface area contributed by atoms with Gasteiger partial charge in [0, 0.05) is 36.0 Å². The minimum atomic E-state index is -0.618. The molecular weight excluding hydrogens is 392 g/mol. The maximum Gasteiger partial charge on any atom is 0.326 e. The van der Waals surface area contributed by atoms with Crippen molar-refractivity contribution in [3.05, 3.63) is 35.4 Å². The second-order valence-corrected chi connectivity index (χ2v) is 7.27. The van der Waals surface area contributed by atoms with Gasteiger partial charge >= 0.3 is 5.97 Å². The third-order valence-corrected chi connectivity index (χ3v) is 4.96. The predicted octanol–water partition coefficient (Wildman–Crippen LogP) is 2.39. The van der Waals surface area contributed by atoms with E-state index in [9.17, 15) is 14.4 Å². The van der Waals surface area contributed by atoms with Crippen LogP contribution in [0.5, 0.6) is 0 Å². The lowest BCUT2D eigenvalue weighted by Gasteiger charge is -2.13. The minimum absolute atomic E-state index is 0.147. The number of carbonyl (C=O) groups is 3. The van der Waals surface area contributed by atoms with Crippen molar-refractivity contribution >= 4 is 46.3 Å². The fourth-order valence-electron chi connectivity index (χ4n) is 2.44. The largest absolute Gasteiger partial charge is 0.454 e. The number of amides is 2. The first kappa shape index (κ1) is 19.2. The number of benzene rings is 1. The summed E-state index contributed by atoms with van der Waals surface area (Å²) in [6, 6.07) is 8.88. The zero-order valence-electron chi connectivity index (χ0n) is 14.5. The third-order valence-electron chi connectivity index (χ3n) is 3.82. The Balaban J connectivity index is 1.52.